The van der Waals surface area contributed by atoms with E-state index in [4.69, 9.17) is 4.74 Å². The molecule has 0 fully saturated rings. The molecular weight excluding hydrogens is 232 g/mol. The zero-order valence-electron chi connectivity index (χ0n) is 12.0. The lowest BCUT2D eigenvalue weighted by Gasteiger charge is -2.20. The minimum absolute atomic E-state index is 0.465. The van der Waals surface area contributed by atoms with Crippen LogP contribution in [-0.2, 0) is 0 Å². The molecule has 1 heteroatoms. The van der Waals surface area contributed by atoms with Gasteiger partial charge >= 0.3 is 0 Å². The fourth-order valence-electron chi connectivity index (χ4n) is 2.46. The number of hydrogen-bond donors (Lipinski definition) is 0. The number of rotatable bonds is 5. The summed E-state index contributed by atoms with van der Waals surface area (Å²) >= 11 is 0. The van der Waals surface area contributed by atoms with Gasteiger partial charge in [0, 0.05) is 5.92 Å². The van der Waals surface area contributed by atoms with Crippen LogP contribution in [0.1, 0.15) is 37.3 Å². The van der Waals surface area contributed by atoms with E-state index in [9.17, 15) is 0 Å². The molecule has 0 aliphatic heterocycles. The lowest BCUT2D eigenvalue weighted by Crippen LogP contribution is -2.05. The SMILES string of the molecule is COc1ccc(C(CC(C)C)c2ccccc2)cc1. The van der Waals surface area contributed by atoms with Gasteiger partial charge < -0.3 is 4.74 Å². The van der Waals surface area contributed by atoms with Crippen LogP contribution in [0.3, 0.4) is 0 Å². The Morgan fingerprint density at radius 1 is 0.842 bits per heavy atom. The predicted octanol–water partition coefficient (Wildman–Crippen LogP) is 4.87. The van der Waals surface area contributed by atoms with E-state index >= 15 is 0 Å². The Morgan fingerprint density at radius 2 is 1.42 bits per heavy atom. The molecule has 0 heterocycles. The largest absolute Gasteiger partial charge is 0.497 e. The molecular formula is C18H22O. The van der Waals surface area contributed by atoms with Crippen LogP contribution < -0.4 is 4.74 Å². The van der Waals surface area contributed by atoms with E-state index in [1.807, 2.05) is 12.1 Å². The third-order valence-electron chi connectivity index (χ3n) is 3.43. The second-order valence-corrected chi connectivity index (χ2v) is 5.37. The molecule has 2 aromatic carbocycles. The fraction of sp³-hybridized carbons (Fsp3) is 0.333. The molecule has 2 rings (SSSR count). The Hall–Kier alpha value is -1.76. The van der Waals surface area contributed by atoms with Crippen molar-refractivity contribution in [3.05, 3.63) is 65.7 Å². The molecule has 0 aliphatic rings. The van der Waals surface area contributed by atoms with Gasteiger partial charge in [0.1, 0.15) is 5.75 Å². The first kappa shape index (κ1) is 13.7. The van der Waals surface area contributed by atoms with E-state index in [2.05, 4.69) is 56.3 Å². The molecule has 0 aliphatic carbocycles. The Bertz CT molecular complexity index is 485. The van der Waals surface area contributed by atoms with Crippen molar-refractivity contribution in [2.75, 3.05) is 7.11 Å². The zero-order valence-corrected chi connectivity index (χ0v) is 12.0. The molecule has 0 saturated heterocycles. The van der Waals surface area contributed by atoms with Crippen LogP contribution in [0.15, 0.2) is 54.6 Å². The van der Waals surface area contributed by atoms with Crippen molar-refractivity contribution < 1.29 is 4.74 Å². The van der Waals surface area contributed by atoms with E-state index in [1.54, 1.807) is 7.11 Å². The van der Waals surface area contributed by atoms with Crippen LogP contribution in [0, 0.1) is 5.92 Å². The minimum atomic E-state index is 0.465. The van der Waals surface area contributed by atoms with Crippen LogP contribution in [0.5, 0.6) is 5.75 Å². The summed E-state index contributed by atoms with van der Waals surface area (Å²) in [5.41, 5.74) is 2.75. The van der Waals surface area contributed by atoms with Crippen molar-refractivity contribution in [3.8, 4) is 5.75 Å². The van der Waals surface area contributed by atoms with Gasteiger partial charge in [-0.25, -0.2) is 0 Å². The summed E-state index contributed by atoms with van der Waals surface area (Å²) in [6.45, 7) is 4.55. The molecule has 1 atom stereocenters. The Morgan fingerprint density at radius 3 is 1.95 bits per heavy atom. The third kappa shape index (κ3) is 3.60. The highest BCUT2D eigenvalue weighted by Crippen LogP contribution is 2.31. The highest BCUT2D eigenvalue weighted by atomic mass is 16.5. The molecule has 0 radical (unpaired) electrons. The van der Waals surface area contributed by atoms with Gasteiger partial charge in [0.25, 0.3) is 0 Å². The summed E-state index contributed by atoms with van der Waals surface area (Å²) in [5, 5.41) is 0. The summed E-state index contributed by atoms with van der Waals surface area (Å²) in [4.78, 5) is 0. The zero-order chi connectivity index (χ0) is 13.7. The van der Waals surface area contributed by atoms with Crippen LogP contribution in [0.4, 0.5) is 0 Å². The summed E-state index contributed by atoms with van der Waals surface area (Å²) < 4.78 is 5.24. The average Bonchev–Trinajstić information content (AvgIpc) is 2.46. The molecule has 0 bridgehead atoms. The van der Waals surface area contributed by atoms with Gasteiger partial charge in [-0.2, -0.15) is 0 Å². The highest BCUT2D eigenvalue weighted by molar-refractivity contribution is 5.36. The summed E-state index contributed by atoms with van der Waals surface area (Å²) in [6, 6.07) is 19.2. The number of benzene rings is 2. The van der Waals surface area contributed by atoms with Crippen LogP contribution >= 0.6 is 0 Å². The monoisotopic (exact) mass is 254 g/mol. The van der Waals surface area contributed by atoms with Crippen molar-refractivity contribution in [2.45, 2.75) is 26.2 Å². The Balaban J connectivity index is 2.31. The van der Waals surface area contributed by atoms with Gasteiger partial charge in [0.15, 0.2) is 0 Å². The van der Waals surface area contributed by atoms with Gasteiger partial charge in [-0.3, -0.25) is 0 Å². The van der Waals surface area contributed by atoms with Crippen LogP contribution in [0.25, 0.3) is 0 Å². The molecule has 0 aromatic heterocycles. The number of hydrogen-bond acceptors (Lipinski definition) is 1. The predicted molar refractivity (Wildman–Crippen MR) is 80.7 cm³/mol. The minimum Gasteiger partial charge on any atom is -0.497 e. The molecule has 1 unspecified atom stereocenters. The standard InChI is InChI=1S/C18H22O/c1-14(2)13-18(15-7-5-4-6-8-15)16-9-11-17(19-3)12-10-16/h4-12,14,18H,13H2,1-3H3. The van der Waals surface area contributed by atoms with Crippen LogP contribution in [0.2, 0.25) is 0 Å². The Labute approximate surface area is 116 Å². The van der Waals surface area contributed by atoms with E-state index in [-0.39, 0.29) is 0 Å². The molecule has 0 amide bonds. The molecule has 19 heavy (non-hydrogen) atoms. The molecule has 100 valence electrons. The summed E-state index contributed by atoms with van der Waals surface area (Å²) in [7, 11) is 1.71. The molecule has 1 nitrogen and oxygen atoms in total. The van der Waals surface area contributed by atoms with Gasteiger partial charge in [-0.1, -0.05) is 56.3 Å². The van der Waals surface area contributed by atoms with Gasteiger partial charge in [-0.05, 0) is 35.6 Å². The van der Waals surface area contributed by atoms with E-state index in [0.29, 0.717) is 11.8 Å². The topological polar surface area (TPSA) is 9.23 Å². The van der Waals surface area contributed by atoms with E-state index < -0.39 is 0 Å². The maximum atomic E-state index is 5.24. The van der Waals surface area contributed by atoms with E-state index in [1.165, 1.54) is 11.1 Å². The summed E-state index contributed by atoms with van der Waals surface area (Å²) in [5.74, 6) is 2.06. The van der Waals surface area contributed by atoms with Crippen molar-refractivity contribution in [2.24, 2.45) is 5.92 Å². The smallest absolute Gasteiger partial charge is 0.118 e. The van der Waals surface area contributed by atoms with Crippen molar-refractivity contribution in [1.29, 1.82) is 0 Å². The van der Waals surface area contributed by atoms with Gasteiger partial charge in [0.2, 0.25) is 0 Å². The molecule has 2 aromatic rings. The summed E-state index contributed by atoms with van der Waals surface area (Å²) in [6.07, 6.45) is 1.16. The Kier molecular flexibility index (Phi) is 4.62. The van der Waals surface area contributed by atoms with Gasteiger partial charge in [0.05, 0.1) is 7.11 Å². The molecule has 0 saturated carbocycles. The molecule has 0 spiro atoms. The number of methoxy groups -OCH3 is 1. The highest BCUT2D eigenvalue weighted by Gasteiger charge is 2.15. The number of ether oxygens (including phenoxy) is 1. The van der Waals surface area contributed by atoms with Crippen molar-refractivity contribution in [3.63, 3.8) is 0 Å². The third-order valence-corrected chi connectivity index (χ3v) is 3.43. The van der Waals surface area contributed by atoms with E-state index in [0.717, 1.165) is 12.2 Å². The lowest BCUT2D eigenvalue weighted by molar-refractivity contribution is 0.414. The maximum absolute atomic E-state index is 5.24. The second kappa shape index (κ2) is 6.42. The quantitative estimate of drug-likeness (QED) is 0.739. The van der Waals surface area contributed by atoms with Crippen molar-refractivity contribution >= 4 is 0 Å². The van der Waals surface area contributed by atoms with Crippen molar-refractivity contribution in [1.82, 2.24) is 0 Å². The first-order chi connectivity index (χ1) is 9.20. The second-order valence-electron chi connectivity index (χ2n) is 5.37. The first-order valence-electron chi connectivity index (χ1n) is 6.89. The normalized spacial score (nSPS) is 12.4. The first-order valence-corrected chi connectivity index (χ1v) is 6.89. The maximum Gasteiger partial charge on any atom is 0.118 e. The fourth-order valence-corrected chi connectivity index (χ4v) is 2.46. The molecule has 0 N–H and O–H groups in total. The average molecular weight is 254 g/mol. The van der Waals surface area contributed by atoms with Gasteiger partial charge in [-0.15, -0.1) is 0 Å². The van der Waals surface area contributed by atoms with Crippen LogP contribution in [-0.4, -0.2) is 7.11 Å². The lowest BCUT2D eigenvalue weighted by atomic mass is 9.85.